The zero-order valence-electron chi connectivity index (χ0n) is 24.4. The second-order valence-electron chi connectivity index (χ2n) is 12.7. The summed E-state index contributed by atoms with van der Waals surface area (Å²) in [4.78, 5) is 5.17. The first-order valence-corrected chi connectivity index (χ1v) is 14.6. The van der Waals surface area contributed by atoms with Crippen molar-refractivity contribution in [3.8, 4) is 5.69 Å². The maximum absolute atomic E-state index is 6.39. The van der Waals surface area contributed by atoms with E-state index in [2.05, 4.69) is 152 Å². The summed E-state index contributed by atoms with van der Waals surface area (Å²) in [5.74, 6) is 0.914. The molecule has 3 aliphatic carbocycles. The highest BCUT2D eigenvalue weighted by molar-refractivity contribution is 5.81. The lowest BCUT2D eigenvalue weighted by Gasteiger charge is -2.38. The van der Waals surface area contributed by atoms with Gasteiger partial charge in [-0.25, -0.2) is 4.98 Å². The van der Waals surface area contributed by atoms with Crippen LogP contribution in [-0.2, 0) is 0 Å². The Morgan fingerprint density at radius 3 is 2.24 bits per heavy atom. The predicted molar refractivity (Wildman–Crippen MR) is 174 cm³/mol. The van der Waals surface area contributed by atoms with Crippen molar-refractivity contribution >= 4 is 53.2 Å². The smallest absolute Gasteiger partial charge is 0.220 e. The Bertz CT molecular complexity index is 2190. The number of rotatable bonds is 2. The van der Waals surface area contributed by atoms with Crippen molar-refractivity contribution in [1.82, 2.24) is 14.0 Å². The lowest BCUT2D eigenvalue weighted by Crippen LogP contribution is -2.33. The van der Waals surface area contributed by atoms with Gasteiger partial charge in [-0.15, -0.1) is 0 Å². The van der Waals surface area contributed by atoms with Crippen molar-refractivity contribution in [1.29, 1.82) is 0 Å². The molecule has 0 N–H and O–H groups in total. The van der Waals surface area contributed by atoms with Crippen molar-refractivity contribution in [3.05, 3.63) is 124 Å². The second-order valence-corrected chi connectivity index (χ2v) is 12.7. The molecular formula is C38H33N3O. The number of allylic oxidation sites excluding steroid dienone is 6. The molecule has 0 bridgehead atoms. The molecule has 0 aliphatic heterocycles. The van der Waals surface area contributed by atoms with Gasteiger partial charge in [0.15, 0.2) is 0 Å². The Balaban J connectivity index is 1.35. The molecule has 4 heteroatoms. The minimum atomic E-state index is -0.339. The summed E-state index contributed by atoms with van der Waals surface area (Å²) in [5.41, 5.74) is 6.56. The molecule has 3 heterocycles. The molecule has 2 aromatic carbocycles. The van der Waals surface area contributed by atoms with Crippen molar-refractivity contribution < 1.29 is 4.42 Å². The third-order valence-electron chi connectivity index (χ3n) is 9.36. The summed E-state index contributed by atoms with van der Waals surface area (Å²) in [6.45, 7) is 9.05. The molecule has 4 nitrogen and oxygen atoms in total. The number of nitrogens with zero attached hydrogens (tertiary/aromatic N) is 3. The molecule has 0 fully saturated rings. The molecule has 3 aromatic heterocycles. The van der Waals surface area contributed by atoms with Crippen molar-refractivity contribution in [2.45, 2.75) is 27.7 Å². The van der Waals surface area contributed by atoms with Crippen LogP contribution in [0.15, 0.2) is 95.5 Å². The quantitative estimate of drug-likeness (QED) is 0.226. The van der Waals surface area contributed by atoms with Crippen molar-refractivity contribution in [3.63, 3.8) is 0 Å². The predicted octanol–water partition coefficient (Wildman–Crippen LogP) is 7.82. The molecular weight excluding hydrogens is 514 g/mol. The minimum absolute atomic E-state index is 0.0311. The van der Waals surface area contributed by atoms with E-state index in [1.807, 2.05) is 12.1 Å². The van der Waals surface area contributed by atoms with E-state index in [9.17, 15) is 0 Å². The average molecular weight is 548 g/mol. The van der Waals surface area contributed by atoms with E-state index in [1.54, 1.807) is 0 Å². The van der Waals surface area contributed by atoms with Crippen LogP contribution >= 0.6 is 0 Å². The van der Waals surface area contributed by atoms with Gasteiger partial charge in [-0.2, -0.15) is 0 Å². The number of hydrogen-bond acceptors (Lipinski definition) is 2. The first-order valence-electron chi connectivity index (χ1n) is 14.6. The molecule has 5 aromatic rings. The number of hydrogen-bond donors (Lipinski definition) is 0. The monoisotopic (exact) mass is 547 g/mol. The fraction of sp³-hybridized carbons (Fsp3) is 0.184. The van der Waals surface area contributed by atoms with Gasteiger partial charge in [-0.1, -0.05) is 107 Å². The molecule has 0 amide bonds. The minimum Gasteiger partial charge on any atom is -0.456 e. The Kier molecular flexibility index (Phi) is 5.10. The van der Waals surface area contributed by atoms with Crippen molar-refractivity contribution in [2.75, 3.05) is 0 Å². The van der Waals surface area contributed by atoms with Gasteiger partial charge in [0.2, 0.25) is 5.78 Å². The summed E-state index contributed by atoms with van der Waals surface area (Å²) in [7, 11) is 0. The van der Waals surface area contributed by atoms with Gasteiger partial charge in [0.05, 0.1) is 22.8 Å². The van der Waals surface area contributed by atoms with Crippen LogP contribution in [-0.4, -0.2) is 14.0 Å². The molecule has 0 radical (unpaired) electrons. The highest BCUT2D eigenvalue weighted by Crippen LogP contribution is 2.47. The maximum Gasteiger partial charge on any atom is 0.220 e. The fourth-order valence-corrected chi connectivity index (χ4v) is 6.52. The lowest BCUT2D eigenvalue weighted by atomic mass is 9.65. The normalized spacial score (nSPS) is 23.5. The number of imidazole rings is 2. The van der Waals surface area contributed by atoms with Crippen LogP contribution in [0.1, 0.15) is 50.5 Å². The summed E-state index contributed by atoms with van der Waals surface area (Å²) >= 11 is 0. The summed E-state index contributed by atoms with van der Waals surface area (Å²) in [6, 6.07) is 18.8. The number of para-hydroxylation sites is 2. The van der Waals surface area contributed by atoms with Crippen LogP contribution < -0.4 is 10.6 Å². The van der Waals surface area contributed by atoms with Crippen LogP contribution in [0.4, 0.5) is 0 Å². The van der Waals surface area contributed by atoms with Gasteiger partial charge in [0.1, 0.15) is 11.0 Å². The van der Waals surface area contributed by atoms with E-state index in [0.717, 1.165) is 55.8 Å². The number of fused-ring (bicyclic) bond motifs is 8. The van der Waals surface area contributed by atoms with Crippen LogP contribution in [0.3, 0.4) is 0 Å². The lowest BCUT2D eigenvalue weighted by molar-refractivity contribution is 0.339. The number of benzene rings is 2. The van der Waals surface area contributed by atoms with Crippen LogP contribution in [0, 0.1) is 16.2 Å². The van der Waals surface area contributed by atoms with E-state index in [4.69, 9.17) is 9.40 Å². The molecule has 0 spiro atoms. The standard InChI is InChI=1S/C38H33N3O/c1-36(2)21-16-29-30(17-22-36)41-32-19-24-37(3,23-18-31(32)40(35(41)39-29)26-11-6-5-7-12-26)38(4)20-10-14-28-27-13-8-9-15-33(27)42-34(28)25-38/h5-25H,1-4H3. The van der Waals surface area contributed by atoms with E-state index >= 15 is 0 Å². The molecule has 0 saturated carbocycles. The third kappa shape index (κ3) is 3.58. The third-order valence-corrected chi connectivity index (χ3v) is 9.36. The summed E-state index contributed by atoms with van der Waals surface area (Å²) < 4.78 is 11.0. The molecule has 3 aliphatic rings. The van der Waals surface area contributed by atoms with Crippen LogP contribution in [0.25, 0.3) is 58.9 Å². The largest absolute Gasteiger partial charge is 0.456 e. The average Bonchev–Trinajstić information content (AvgIpc) is 3.46. The summed E-state index contributed by atoms with van der Waals surface area (Å²) in [5, 5.41) is 2.28. The fourth-order valence-electron chi connectivity index (χ4n) is 6.52. The van der Waals surface area contributed by atoms with Gasteiger partial charge in [-0.3, -0.25) is 8.97 Å². The Hall–Kier alpha value is -4.83. The number of furan rings is 1. The van der Waals surface area contributed by atoms with Crippen LogP contribution in [0.5, 0.6) is 0 Å². The number of aromatic nitrogens is 3. The molecule has 8 rings (SSSR count). The molecule has 206 valence electrons. The topological polar surface area (TPSA) is 35.4 Å². The van der Waals surface area contributed by atoms with Gasteiger partial charge in [0.25, 0.3) is 0 Å². The SMILES string of the molecule is CC1(C)C=Cc2nc3n(-c4ccccc4)c4c(n3c2C=C1)C=CC(C)(C1(C)C=CC=c2c(oc3ccccc23)=C1)C=C4. The van der Waals surface area contributed by atoms with E-state index in [1.165, 1.54) is 0 Å². The zero-order chi connectivity index (χ0) is 28.7. The first kappa shape index (κ1) is 24.9. The highest BCUT2D eigenvalue weighted by atomic mass is 16.3. The van der Waals surface area contributed by atoms with Gasteiger partial charge in [0, 0.05) is 32.5 Å². The zero-order valence-corrected chi connectivity index (χ0v) is 24.4. The van der Waals surface area contributed by atoms with Gasteiger partial charge in [-0.05, 0) is 48.6 Å². The first-order chi connectivity index (χ1) is 20.3. The highest BCUT2D eigenvalue weighted by Gasteiger charge is 2.39. The maximum atomic E-state index is 6.39. The van der Waals surface area contributed by atoms with Gasteiger partial charge < -0.3 is 4.42 Å². The summed E-state index contributed by atoms with van der Waals surface area (Å²) in [6.07, 6.45) is 27.1. The molecule has 0 saturated heterocycles. The Morgan fingerprint density at radius 1 is 0.690 bits per heavy atom. The van der Waals surface area contributed by atoms with E-state index in [0.29, 0.717) is 0 Å². The second kappa shape index (κ2) is 8.59. The Morgan fingerprint density at radius 2 is 1.40 bits per heavy atom. The molecule has 2 unspecified atom stereocenters. The van der Waals surface area contributed by atoms with E-state index < -0.39 is 0 Å². The van der Waals surface area contributed by atoms with E-state index in [-0.39, 0.29) is 16.2 Å². The molecule has 2 atom stereocenters. The van der Waals surface area contributed by atoms with Crippen molar-refractivity contribution in [2.24, 2.45) is 16.2 Å². The van der Waals surface area contributed by atoms with Crippen LogP contribution in [0.2, 0.25) is 0 Å². The van der Waals surface area contributed by atoms with Gasteiger partial charge >= 0.3 is 0 Å². The Labute approximate surface area is 245 Å². The molecule has 42 heavy (non-hydrogen) atoms.